The number of anilines is 3. The van der Waals surface area contributed by atoms with Crippen molar-refractivity contribution < 1.29 is 38.4 Å². The van der Waals surface area contributed by atoms with Crippen LogP contribution in [0.4, 0.5) is 22.2 Å². The van der Waals surface area contributed by atoms with Crippen molar-refractivity contribution in [1.29, 1.82) is 0 Å². The van der Waals surface area contributed by atoms with Crippen LogP contribution in [0.1, 0.15) is 48.5 Å². The molecule has 0 radical (unpaired) electrons. The Labute approximate surface area is 336 Å². The van der Waals surface area contributed by atoms with Crippen LogP contribution in [0.25, 0.3) is 11.2 Å². The number of benzene rings is 3. The van der Waals surface area contributed by atoms with Gasteiger partial charge in [0.1, 0.15) is 23.7 Å². The fourth-order valence-electron chi connectivity index (χ4n) is 7.14. The van der Waals surface area contributed by atoms with Crippen molar-refractivity contribution >= 4 is 44.7 Å². The maximum absolute atomic E-state index is 13.0. The van der Waals surface area contributed by atoms with Gasteiger partial charge in [0.15, 0.2) is 29.3 Å². The molecule has 308 valence electrons. The zero-order valence-electron chi connectivity index (χ0n) is 31.4. The third-order valence-corrected chi connectivity index (χ3v) is 11.2. The Morgan fingerprint density at radius 3 is 2.27 bits per heavy atom. The number of aryl methyl sites for hydroxylation is 1. The van der Waals surface area contributed by atoms with Gasteiger partial charge in [-0.05, 0) is 78.2 Å². The van der Waals surface area contributed by atoms with E-state index in [1.54, 1.807) is 24.3 Å². The highest BCUT2D eigenvalue weighted by molar-refractivity contribution is 7.89. The number of hydrogen-bond acceptors (Lipinski definition) is 16. The third-order valence-electron chi connectivity index (χ3n) is 10.2. The molecule has 21 nitrogen and oxygen atoms in total. The van der Waals surface area contributed by atoms with E-state index in [2.05, 4.69) is 36.3 Å². The molecule has 0 unspecified atom stereocenters. The summed E-state index contributed by atoms with van der Waals surface area (Å²) in [5, 5.41) is 68.9. The molecule has 5 atom stereocenters. The molecule has 6 aromatic rings. The molecule has 2 aliphatic heterocycles. The van der Waals surface area contributed by atoms with Crippen molar-refractivity contribution in [2.24, 2.45) is 5.14 Å². The molecule has 2 saturated heterocycles. The number of ether oxygens (including phenoxy) is 1. The van der Waals surface area contributed by atoms with E-state index in [9.17, 15) is 33.6 Å². The molecule has 2 amide bonds. The fraction of sp³-hybridized carbons (Fsp3) is 0.324. The Hall–Kier alpha value is -6.46. The number of aliphatic hydroxyl groups excluding tert-OH is 2. The molecule has 5 heterocycles. The number of phenolic OH excluding ortho intramolecular Hbond substituents is 2. The van der Waals surface area contributed by atoms with E-state index in [1.165, 1.54) is 40.0 Å². The van der Waals surface area contributed by atoms with Crippen LogP contribution < -0.4 is 26.0 Å². The Balaban J connectivity index is 1.08. The maximum Gasteiger partial charge on any atom is 0.319 e. The number of sulfonamides is 1. The number of urea groups is 1. The van der Waals surface area contributed by atoms with Crippen LogP contribution in [0.2, 0.25) is 0 Å². The Morgan fingerprint density at radius 1 is 0.966 bits per heavy atom. The second-order valence-electron chi connectivity index (χ2n) is 14.2. The topological polar surface area (TPSA) is 294 Å². The molecular formula is C37H41N13O8S. The molecule has 0 aliphatic carbocycles. The SMILES string of the molecule is CCn1nnc([C@H]2O[C@@H](n3cnc4c(NCC(c5ccc(O)cc5)c5ccc(O)cc5)nc(N5CC[C@@H](NC(=O)Nc6ccc(S(N)(=O)=O)cc6)C5)nc43)[C@H](O)[C@@H]2O)n1. The zero-order valence-corrected chi connectivity index (χ0v) is 32.3. The highest BCUT2D eigenvalue weighted by atomic mass is 32.2. The number of rotatable bonds is 12. The molecule has 8 rings (SSSR count). The molecule has 22 heteroatoms. The fourth-order valence-corrected chi connectivity index (χ4v) is 7.66. The van der Waals surface area contributed by atoms with Crippen molar-refractivity contribution in [3.63, 3.8) is 0 Å². The summed E-state index contributed by atoms with van der Waals surface area (Å²) in [6.07, 6.45) is -3.09. The van der Waals surface area contributed by atoms with Crippen molar-refractivity contribution in [1.82, 2.24) is 45.0 Å². The largest absolute Gasteiger partial charge is 0.508 e. The number of imidazole rings is 1. The van der Waals surface area contributed by atoms with Crippen LogP contribution in [0, 0.1) is 0 Å². The molecule has 0 saturated carbocycles. The van der Waals surface area contributed by atoms with Crippen LogP contribution in [0.3, 0.4) is 0 Å². The van der Waals surface area contributed by atoms with Gasteiger partial charge in [-0.3, -0.25) is 4.57 Å². The average Bonchev–Trinajstić information content (AvgIpc) is 4.03. The predicted molar refractivity (Wildman–Crippen MR) is 211 cm³/mol. The van der Waals surface area contributed by atoms with E-state index in [4.69, 9.17) is 19.8 Å². The Kier molecular flexibility index (Phi) is 10.7. The smallest absolute Gasteiger partial charge is 0.319 e. The summed E-state index contributed by atoms with van der Waals surface area (Å²) in [6.45, 7) is 3.35. The average molecular weight is 828 g/mol. The first-order chi connectivity index (χ1) is 28.3. The lowest BCUT2D eigenvalue weighted by molar-refractivity contribution is -0.0384. The number of carbonyl (C=O) groups excluding carboxylic acids is 1. The van der Waals surface area contributed by atoms with Gasteiger partial charge in [-0.15, -0.1) is 10.2 Å². The van der Waals surface area contributed by atoms with Gasteiger partial charge in [0.05, 0.1) is 17.8 Å². The monoisotopic (exact) mass is 827 g/mol. The van der Waals surface area contributed by atoms with Crippen LogP contribution in [0.5, 0.6) is 11.5 Å². The number of phenols is 2. The molecule has 2 fully saturated rings. The molecule has 9 N–H and O–H groups in total. The quantitative estimate of drug-likeness (QED) is 0.0868. The van der Waals surface area contributed by atoms with Gasteiger partial charge in [-0.2, -0.15) is 14.8 Å². The summed E-state index contributed by atoms with van der Waals surface area (Å²) in [5.74, 6) is 0.693. The van der Waals surface area contributed by atoms with Crippen molar-refractivity contribution in [2.45, 2.75) is 61.3 Å². The summed E-state index contributed by atoms with van der Waals surface area (Å²) in [4.78, 5) is 30.5. The number of amides is 2. The van der Waals surface area contributed by atoms with Gasteiger partial charge >= 0.3 is 6.03 Å². The second kappa shape index (κ2) is 16.1. The molecule has 0 bridgehead atoms. The van der Waals surface area contributed by atoms with Crippen LogP contribution in [0.15, 0.2) is 84.0 Å². The van der Waals surface area contributed by atoms with Gasteiger partial charge in [-0.25, -0.2) is 23.3 Å². The maximum atomic E-state index is 13.0. The zero-order chi connectivity index (χ0) is 41.4. The molecule has 3 aromatic heterocycles. The summed E-state index contributed by atoms with van der Waals surface area (Å²) in [6, 6.07) is 18.3. The number of hydrogen-bond donors (Lipinski definition) is 8. The number of primary sulfonamides is 1. The number of nitrogens with two attached hydrogens (primary N) is 1. The minimum atomic E-state index is -3.89. The number of nitrogens with zero attached hydrogens (tertiary/aromatic N) is 9. The number of aliphatic hydroxyl groups is 2. The Bertz CT molecular complexity index is 2510. The van der Waals surface area contributed by atoms with E-state index in [-0.39, 0.29) is 45.8 Å². The summed E-state index contributed by atoms with van der Waals surface area (Å²) >= 11 is 0. The normalized spacial score (nSPS) is 20.7. The number of fused-ring (bicyclic) bond motifs is 1. The van der Waals surface area contributed by atoms with Crippen molar-refractivity contribution in [2.75, 3.05) is 35.2 Å². The van der Waals surface area contributed by atoms with E-state index >= 15 is 0 Å². The highest BCUT2D eigenvalue weighted by Crippen LogP contribution is 2.39. The second-order valence-corrected chi connectivity index (χ2v) is 15.7. The first-order valence-corrected chi connectivity index (χ1v) is 20.2. The van der Waals surface area contributed by atoms with Gasteiger partial charge in [0, 0.05) is 37.3 Å². The van der Waals surface area contributed by atoms with Crippen LogP contribution >= 0.6 is 0 Å². The predicted octanol–water partition coefficient (Wildman–Crippen LogP) is 1.53. The molecular weight excluding hydrogens is 787 g/mol. The molecule has 2 aliphatic rings. The number of aromatic hydroxyl groups is 2. The van der Waals surface area contributed by atoms with Gasteiger partial charge in [0.25, 0.3) is 0 Å². The lowest BCUT2D eigenvalue weighted by Crippen LogP contribution is -2.40. The lowest BCUT2D eigenvalue weighted by atomic mass is 9.91. The highest BCUT2D eigenvalue weighted by Gasteiger charge is 2.47. The van der Waals surface area contributed by atoms with Gasteiger partial charge < -0.3 is 46.0 Å². The van der Waals surface area contributed by atoms with E-state index in [1.807, 2.05) is 36.1 Å². The number of nitrogens with one attached hydrogen (secondary N) is 3. The van der Waals surface area contributed by atoms with Gasteiger partial charge in [0.2, 0.25) is 21.8 Å². The number of carbonyl (C=O) groups is 1. The number of aromatic nitrogens is 8. The minimum absolute atomic E-state index is 0.0821. The first-order valence-electron chi connectivity index (χ1n) is 18.7. The molecule has 3 aromatic carbocycles. The van der Waals surface area contributed by atoms with Crippen LogP contribution in [-0.4, -0.2) is 112 Å². The number of tetrazole rings is 1. The Morgan fingerprint density at radius 2 is 1.64 bits per heavy atom. The third kappa shape index (κ3) is 8.29. The summed E-state index contributed by atoms with van der Waals surface area (Å²) in [7, 11) is -3.89. The molecule has 0 spiro atoms. The van der Waals surface area contributed by atoms with Crippen molar-refractivity contribution in [3.8, 4) is 11.5 Å². The van der Waals surface area contributed by atoms with E-state index in [0.717, 1.165) is 11.1 Å². The molecule has 59 heavy (non-hydrogen) atoms. The van der Waals surface area contributed by atoms with E-state index in [0.29, 0.717) is 49.6 Å². The van der Waals surface area contributed by atoms with Crippen molar-refractivity contribution in [3.05, 3.63) is 96.1 Å². The van der Waals surface area contributed by atoms with Crippen LogP contribution in [-0.2, 0) is 21.3 Å². The standard InChI is InChI=1S/C37H41N13O8S/c1-2-50-46-33(45-47-50)31-29(53)30(54)35(58-31)49-19-40-28-32(39-17-27(20-3-9-24(51)10-4-20)21-5-11-25(52)12-6-21)43-36(44-34(28)49)48-16-15-23(18-48)42-37(55)41-22-7-13-26(14-8-22)59(38,56)57/h3-14,19,23,27,29-31,35,51-54H,2,15-18H2,1H3,(H2,38,56,57)(H,39,43,44)(H2,41,42,55)/t23-,29+,30-,31+,35-/m1/s1. The lowest BCUT2D eigenvalue weighted by Gasteiger charge is -2.22. The van der Waals surface area contributed by atoms with E-state index < -0.39 is 40.6 Å². The van der Waals surface area contributed by atoms with Gasteiger partial charge in [-0.1, -0.05) is 24.3 Å². The summed E-state index contributed by atoms with van der Waals surface area (Å²) in [5.41, 5.74) is 2.74. The first kappa shape index (κ1) is 39.4. The summed E-state index contributed by atoms with van der Waals surface area (Å²) < 4.78 is 30.9. The minimum Gasteiger partial charge on any atom is -0.508 e.